The van der Waals surface area contributed by atoms with Gasteiger partial charge in [0.25, 0.3) is 0 Å². The molecule has 1 atom stereocenters. The van der Waals surface area contributed by atoms with Crippen LogP contribution in [0.1, 0.15) is 11.1 Å². The first-order valence-electron chi connectivity index (χ1n) is 6.87. The minimum atomic E-state index is -0.292. The quantitative estimate of drug-likeness (QED) is 0.875. The lowest BCUT2D eigenvalue weighted by Crippen LogP contribution is -2.30. The van der Waals surface area contributed by atoms with E-state index in [2.05, 4.69) is 5.32 Å². The molecule has 2 aromatic rings. The molecule has 1 unspecified atom stereocenters. The first-order valence-corrected chi connectivity index (χ1v) is 7.25. The van der Waals surface area contributed by atoms with E-state index in [0.717, 1.165) is 17.0 Å². The molecule has 0 radical (unpaired) electrons. The minimum absolute atomic E-state index is 0.103. The lowest BCUT2D eigenvalue weighted by atomic mass is 9.98. The van der Waals surface area contributed by atoms with E-state index in [1.807, 2.05) is 31.3 Å². The lowest BCUT2D eigenvalue weighted by Gasteiger charge is -2.18. The Hall–Kier alpha value is -1.58. The Labute approximate surface area is 129 Å². The molecule has 0 aliphatic rings. The molecule has 4 heteroatoms. The summed E-state index contributed by atoms with van der Waals surface area (Å²) in [6.07, 6.45) is 1.32. The predicted molar refractivity (Wildman–Crippen MR) is 84.7 cm³/mol. The third-order valence-electron chi connectivity index (χ3n) is 3.56. The number of hydrogen-bond acceptors (Lipinski definition) is 2. The zero-order valence-corrected chi connectivity index (χ0v) is 13.0. The highest BCUT2D eigenvalue weighted by Gasteiger charge is 2.15. The number of ether oxygens (including phenoxy) is 1. The summed E-state index contributed by atoms with van der Waals surface area (Å²) >= 11 is 6.19. The van der Waals surface area contributed by atoms with Crippen LogP contribution in [0.5, 0.6) is 5.75 Å². The van der Waals surface area contributed by atoms with Gasteiger partial charge in [-0.15, -0.1) is 0 Å². The Balaban J connectivity index is 2.15. The summed E-state index contributed by atoms with van der Waals surface area (Å²) in [4.78, 5) is 0. The molecule has 1 N–H and O–H groups in total. The molecular formula is C17H19ClFNO. The molecule has 0 aromatic heterocycles. The normalized spacial score (nSPS) is 12.2. The predicted octanol–water partition coefficient (Wildman–Crippen LogP) is 3.86. The zero-order chi connectivity index (χ0) is 15.2. The fourth-order valence-corrected chi connectivity index (χ4v) is 2.56. The van der Waals surface area contributed by atoms with Gasteiger partial charge in [0.2, 0.25) is 0 Å². The van der Waals surface area contributed by atoms with E-state index in [4.69, 9.17) is 16.3 Å². The maximum absolute atomic E-state index is 14.2. The van der Waals surface area contributed by atoms with Crippen molar-refractivity contribution in [2.45, 2.75) is 18.9 Å². The van der Waals surface area contributed by atoms with Gasteiger partial charge in [0.1, 0.15) is 0 Å². The van der Waals surface area contributed by atoms with Gasteiger partial charge in [-0.2, -0.15) is 0 Å². The highest BCUT2D eigenvalue weighted by molar-refractivity contribution is 6.31. The van der Waals surface area contributed by atoms with Crippen molar-refractivity contribution in [1.82, 2.24) is 5.32 Å². The van der Waals surface area contributed by atoms with E-state index >= 15 is 0 Å². The maximum Gasteiger partial charge on any atom is 0.168 e. The molecule has 0 bridgehead atoms. The molecular weight excluding hydrogens is 289 g/mol. The second kappa shape index (κ2) is 7.43. The molecule has 0 heterocycles. The number of likely N-dealkylation sites (N-methyl/N-ethyl adjacent to an activating group) is 1. The Morgan fingerprint density at radius 3 is 2.43 bits per heavy atom. The zero-order valence-electron chi connectivity index (χ0n) is 12.2. The van der Waals surface area contributed by atoms with E-state index in [-0.39, 0.29) is 17.6 Å². The van der Waals surface area contributed by atoms with Crippen molar-refractivity contribution in [1.29, 1.82) is 0 Å². The summed E-state index contributed by atoms with van der Waals surface area (Å²) in [5.41, 5.74) is 1.70. The number of halogens is 2. The Morgan fingerprint density at radius 1 is 1.10 bits per heavy atom. The number of methoxy groups -OCH3 is 1. The number of hydrogen-bond donors (Lipinski definition) is 1. The Morgan fingerprint density at radius 2 is 1.76 bits per heavy atom. The van der Waals surface area contributed by atoms with E-state index < -0.39 is 0 Å². The molecule has 0 spiro atoms. The van der Waals surface area contributed by atoms with Gasteiger partial charge in [0.15, 0.2) is 11.6 Å². The maximum atomic E-state index is 14.2. The largest absolute Gasteiger partial charge is 0.494 e. The van der Waals surface area contributed by atoms with Crippen molar-refractivity contribution >= 4 is 11.6 Å². The van der Waals surface area contributed by atoms with Crippen molar-refractivity contribution in [2.75, 3.05) is 14.2 Å². The van der Waals surface area contributed by atoms with Crippen LogP contribution in [0.3, 0.4) is 0 Å². The molecule has 2 rings (SSSR count). The van der Waals surface area contributed by atoms with Crippen molar-refractivity contribution in [3.8, 4) is 5.75 Å². The Kier molecular flexibility index (Phi) is 5.59. The van der Waals surface area contributed by atoms with Gasteiger partial charge in [-0.3, -0.25) is 0 Å². The van der Waals surface area contributed by atoms with Crippen molar-refractivity contribution in [2.24, 2.45) is 0 Å². The number of nitrogens with one attached hydrogen (secondary N) is 1. The molecule has 0 saturated heterocycles. The smallest absolute Gasteiger partial charge is 0.168 e. The third-order valence-corrected chi connectivity index (χ3v) is 3.93. The van der Waals surface area contributed by atoms with Crippen molar-refractivity contribution in [3.63, 3.8) is 0 Å². The molecule has 0 aliphatic carbocycles. The van der Waals surface area contributed by atoms with Gasteiger partial charge in [0.05, 0.1) is 7.11 Å². The van der Waals surface area contributed by atoms with Gasteiger partial charge < -0.3 is 10.1 Å². The van der Waals surface area contributed by atoms with Crippen LogP contribution in [0.15, 0.2) is 42.5 Å². The average molecular weight is 308 g/mol. The van der Waals surface area contributed by atoms with Gasteiger partial charge in [-0.1, -0.05) is 41.9 Å². The summed E-state index contributed by atoms with van der Waals surface area (Å²) in [6.45, 7) is 0. The third kappa shape index (κ3) is 3.96. The molecule has 0 fully saturated rings. The van der Waals surface area contributed by atoms with Crippen LogP contribution in [-0.4, -0.2) is 20.2 Å². The van der Waals surface area contributed by atoms with Crippen molar-refractivity contribution < 1.29 is 9.13 Å². The molecule has 0 amide bonds. The molecule has 2 nitrogen and oxygen atoms in total. The molecule has 0 aliphatic heterocycles. The fourth-order valence-electron chi connectivity index (χ4n) is 2.34. The molecule has 21 heavy (non-hydrogen) atoms. The van der Waals surface area contributed by atoms with Crippen LogP contribution in [0.2, 0.25) is 5.02 Å². The molecule has 2 aromatic carbocycles. The van der Waals surface area contributed by atoms with Crippen LogP contribution < -0.4 is 10.1 Å². The fraction of sp³-hybridized carbons (Fsp3) is 0.294. The summed E-state index contributed by atoms with van der Waals surface area (Å²) in [5.74, 6) is -0.0143. The first-order chi connectivity index (χ1) is 10.2. The summed E-state index contributed by atoms with van der Waals surface area (Å²) in [6, 6.07) is 13.0. The van der Waals surface area contributed by atoms with Crippen LogP contribution in [0.4, 0.5) is 4.39 Å². The first kappa shape index (κ1) is 15.8. The van der Waals surface area contributed by atoms with Crippen LogP contribution in [0.25, 0.3) is 0 Å². The standard InChI is InChI=1S/C17H19ClFNO/c1-20-14(10-12-6-3-4-8-15(12)18)11-13-7-5-9-16(21-2)17(13)19/h3-9,14,20H,10-11H2,1-2H3. The van der Waals surface area contributed by atoms with Crippen LogP contribution in [0, 0.1) is 5.82 Å². The summed E-state index contributed by atoms with van der Waals surface area (Å²) in [7, 11) is 3.35. The second-order valence-corrected chi connectivity index (χ2v) is 5.33. The van der Waals surface area contributed by atoms with Crippen molar-refractivity contribution in [3.05, 3.63) is 64.4 Å². The van der Waals surface area contributed by atoms with E-state index in [9.17, 15) is 4.39 Å². The monoisotopic (exact) mass is 307 g/mol. The number of rotatable bonds is 6. The van der Waals surface area contributed by atoms with Gasteiger partial charge in [0, 0.05) is 11.1 Å². The van der Waals surface area contributed by atoms with E-state index in [1.54, 1.807) is 18.2 Å². The second-order valence-electron chi connectivity index (χ2n) is 4.92. The summed E-state index contributed by atoms with van der Waals surface area (Å²) < 4.78 is 19.2. The highest BCUT2D eigenvalue weighted by atomic mass is 35.5. The van der Waals surface area contributed by atoms with Crippen LogP contribution >= 0.6 is 11.6 Å². The average Bonchev–Trinajstić information content (AvgIpc) is 2.50. The highest BCUT2D eigenvalue weighted by Crippen LogP contribution is 2.23. The van der Waals surface area contributed by atoms with Gasteiger partial charge in [-0.05, 0) is 43.1 Å². The molecule has 112 valence electrons. The number of benzene rings is 2. The lowest BCUT2D eigenvalue weighted by molar-refractivity contribution is 0.382. The Bertz CT molecular complexity index is 603. The SMILES string of the molecule is CNC(Cc1ccccc1Cl)Cc1cccc(OC)c1F. The topological polar surface area (TPSA) is 21.3 Å². The van der Waals surface area contributed by atoms with Gasteiger partial charge in [-0.25, -0.2) is 4.39 Å². The van der Waals surface area contributed by atoms with E-state index in [1.165, 1.54) is 7.11 Å². The van der Waals surface area contributed by atoms with Crippen LogP contribution in [-0.2, 0) is 12.8 Å². The van der Waals surface area contributed by atoms with E-state index in [0.29, 0.717) is 12.0 Å². The minimum Gasteiger partial charge on any atom is -0.494 e. The van der Waals surface area contributed by atoms with Gasteiger partial charge >= 0.3 is 0 Å². The summed E-state index contributed by atoms with van der Waals surface area (Å²) in [5, 5.41) is 3.96. The molecule has 0 saturated carbocycles.